The smallest absolute Gasteiger partial charge is 0.242 e. The number of likely N-dealkylation sites (tertiary alicyclic amines) is 1. The molecule has 0 radical (unpaired) electrons. The summed E-state index contributed by atoms with van der Waals surface area (Å²) in [5.74, 6) is 0.808. The number of hydrogen-bond donors (Lipinski definition) is 1. The molecule has 5 nitrogen and oxygen atoms in total. The molecule has 1 atom stereocenters. The molecule has 0 saturated carbocycles. The van der Waals surface area contributed by atoms with E-state index in [2.05, 4.69) is 10.3 Å². The number of carbonyl (C=O) groups is 1. The molecule has 128 valence electrons. The number of aromatic nitrogens is 2. The first kappa shape index (κ1) is 16.5. The van der Waals surface area contributed by atoms with Crippen LogP contribution in [0.4, 0.5) is 10.1 Å². The zero-order chi connectivity index (χ0) is 16.9. The van der Waals surface area contributed by atoms with Crippen LogP contribution in [-0.2, 0) is 17.8 Å². The summed E-state index contributed by atoms with van der Waals surface area (Å²) in [4.78, 5) is 18.7. The van der Waals surface area contributed by atoms with E-state index in [0.29, 0.717) is 13.1 Å². The normalized spacial score (nSPS) is 17.8. The molecule has 0 spiro atoms. The highest BCUT2D eigenvalue weighted by molar-refractivity contribution is 5.76. The molecule has 0 aliphatic carbocycles. The monoisotopic (exact) mass is 330 g/mol. The van der Waals surface area contributed by atoms with E-state index >= 15 is 0 Å². The van der Waals surface area contributed by atoms with Gasteiger partial charge in [-0.3, -0.25) is 4.79 Å². The first-order chi connectivity index (χ1) is 11.7. The van der Waals surface area contributed by atoms with Crippen molar-refractivity contribution in [2.75, 3.05) is 18.4 Å². The van der Waals surface area contributed by atoms with E-state index in [4.69, 9.17) is 0 Å². The lowest BCUT2D eigenvalue weighted by molar-refractivity contribution is -0.132. The number of imidazole rings is 1. The number of anilines is 1. The number of hydrogen-bond acceptors (Lipinski definition) is 3. The van der Waals surface area contributed by atoms with Crippen molar-refractivity contribution >= 4 is 11.6 Å². The Morgan fingerprint density at radius 1 is 1.38 bits per heavy atom. The van der Waals surface area contributed by atoms with Gasteiger partial charge in [0.05, 0.1) is 0 Å². The average molecular weight is 330 g/mol. The fourth-order valence-corrected chi connectivity index (χ4v) is 3.15. The first-order valence-electron chi connectivity index (χ1n) is 8.45. The number of halogens is 1. The Kier molecular flexibility index (Phi) is 5.13. The second-order valence-electron chi connectivity index (χ2n) is 6.16. The maximum atomic E-state index is 13.0. The zero-order valence-electron chi connectivity index (χ0n) is 13.9. The topological polar surface area (TPSA) is 50.2 Å². The molecule has 0 bridgehead atoms. The molecule has 1 fully saturated rings. The van der Waals surface area contributed by atoms with Gasteiger partial charge in [-0.2, -0.15) is 0 Å². The van der Waals surface area contributed by atoms with Crippen molar-refractivity contribution in [2.45, 2.75) is 38.8 Å². The van der Waals surface area contributed by atoms with E-state index < -0.39 is 0 Å². The van der Waals surface area contributed by atoms with Crippen LogP contribution in [-0.4, -0.2) is 39.5 Å². The number of benzene rings is 1. The molecule has 1 amide bonds. The van der Waals surface area contributed by atoms with E-state index in [9.17, 15) is 9.18 Å². The number of piperidine rings is 1. The lowest BCUT2D eigenvalue weighted by Crippen LogP contribution is -2.46. The van der Waals surface area contributed by atoms with Crippen LogP contribution in [0.25, 0.3) is 0 Å². The molecule has 1 aliphatic rings. The van der Waals surface area contributed by atoms with Gasteiger partial charge in [-0.05, 0) is 37.1 Å². The molecule has 1 saturated heterocycles. The molecule has 1 N–H and O–H groups in total. The predicted molar refractivity (Wildman–Crippen MR) is 91.2 cm³/mol. The molecule has 6 heteroatoms. The van der Waals surface area contributed by atoms with Crippen molar-refractivity contribution in [1.82, 2.24) is 14.5 Å². The third kappa shape index (κ3) is 3.93. The minimum atomic E-state index is -0.243. The van der Waals surface area contributed by atoms with Crippen molar-refractivity contribution < 1.29 is 9.18 Å². The Bertz CT molecular complexity index is 683. The van der Waals surface area contributed by atoms with Gasteiger partial charge in [0.15, 0.2) is 0 Å². The molecule has 0 unspecified atom stereocenters. The largest absolute Gasteiger partial charge is 0.381 e. The molecular weight excluding hydrogens is 307 g/mol. The number of amides is 1. The molecular formula is C18H23FN4O. The van der Waals surface area contributed by atoms with Gasteiger partial charge < -0.3 is 14.8 Å². The van der Waals surface area contributed by atoms with E-state index in [1.54, 1.807) is 18.3 Å². The highest BCUT2D eigenvalue weighted by Gasteiger charge is 2.24. The van der Waals surface area contributed by atoms with Crippen molar-refractivity contribution in [3.8, 4) is 0 Å². The summed E-state index contributed by atoms with van der Waals surface area (Å²) in [7, 11) is 0. The van der Waals surface area contributed by atoms with Gasteiger partial charge in [-0.1, -0.05) is 6.92 Å². The van der Waals surface area contributed by atoms with Crippen LogP contribution in [0.5, 0.6) is 0 Å². The Labute approximate surface area is 141 Å². The molecule has 3 rings (SSSR count). The fraction of sp³-hybridized carbons (Fsp3) is 0.444. The summed E-state index contributed by atoms with van der Waals surface area (Å²) >= 11 is 0. The second kappa shape index (κ2) is 7.47. The van der Waals surface area contributed by atoms with Gasteiger partial charge in [-0.25, -0.2) is 9.37 Å². The zero-order valence-corrected chi connectivity index (χ0v) is 13.9. The quantitative estimate of drug-likeness (QED) is 0.917. The van der Waals surface area contributed by atoms with Crippen LogP contribution in [0.2, 0.25) is 0 Å². The van der Waals surface area contributed by atoms with Crippen LogP contribution in [0.15, 0.2) is 36.7 Å². The number of aryl methyl sites for hydroxylation is 1. The van der Waals surface area contributed by atoms with Crippen LogP contribution < -0.4 is 5.32 Å². The number of rotatable bonds is 5. The van der Waals surface area contributed by atoms with Gasteiger partial charge in [0.2, 0.25) is 5.91 Å². The minimum Gasteiger partial charge on any atom is -0.381 e. The van der Waals surface area contributed by atoms with Crippen molar-refractivity contribution in [3.63, 3.8) is 0 Å². The number of nitrogens with zero attached hydrogens (tertiary/aromatic N) is 3. The van der Waals surface area contributed by atoms with Gasteiger partial charge in [0.1, 0.15) is 18.2 Å². The summed E-state index contributed by atoms with van der Waals surface area (Å²) in [5, 5.41) is 3.39. The van der Waals surface area contributed by atoms with Crippen LogP contribution in [0.1, 0.15) is 25.6 Å². The highest BCUT2D eigenvalue weighted by atomic mass is 19.1. The third-order valence-electron chi connectivity index (χ3n) is 4.41. The molecule has 1 aliphatic heterocycles. The molecule has 24 heavy (non-hydrogen) atoms. The van der Waals surface area contributed by atoms with Crippen LogP contribution in [0, 0.1) is 5.82 Å². The molecule has 2 aromatic rings. The SMILES string of the molecule is CCc1nccn1CC(=O)N1CCC[C@@H](Nc2ccc(F)cc2)C1. The average Bonchev–Trinajstić information content (AvgIpc) is 3.04. The Balaban J connectivity index is 1.58. The Morgan fingerprint density at radius 2 is 2.17 bits per heavy atom. The summed E-state index contributed by atoms with van der Waals surface area (Å²) in [5.41, 5.74) is 0.888. The Morgan fingerprint density at radius 3 is 2.92 bits per heavy atom. The highest BCUT2D eigenvalue weighted by Crippen LogP contribution is 2.17. The summed E-state index contributed by atoms with van der Waals surface area (Å²) < 4.78 is 14.9. The number of nitrogens with one attached hydrogen (secondary N) is 1. The predicted octanol–water partition coefficient (Wildman–Crippen LogP) is 2.69. The molecule has 1 aromatic carbocycles. The van der Waals surface area contributed by atoms with Gasteiger partial charge >= 0.3 is 0 Å². The maximum absolute atomic E-state index is 13.0. The standard InChI is InChI=1S/C18H23FN4O/c1-2-17-20-9-11-22(17)13-18(24)23-10-3-4-16(12-23)21-15-7-5-14(19)6-8-15/h5-9,11,16,21H,2-4,10,12-13H2,1H3/t16-/m1/s1. The lowest BCUT2D eigenvalue weighted by atomic mass is 10.1. The van der Waals surface area contributed by atoms with Crippen LogP contribution in [0.3, 0.4) is 0 Å². The van der Waals surface area contributed by atoms with Crippen molar-refractivity contribution in [3.05, 3.63) is 48.3 Å². The molecule has 1 aromatic heterocycles. The lowest BCUT2D eigenvalue weighted by Gasteiger charge is -2.34. The van der Waals surface area contributed by atoms with E-state index in [1.165, 1.54) is 12.1 Å². The van der Waals surface area contributed by atoms with E-state index in [-0.39, 0.29) is 17.8 Å². The second-order valence-corrected chi connectivity index (χ2v) is 6.16. The summed E-state index contributed by atoms with van der Waals surface area (Å²) in [6.07, 6.45) is 6.38. The third-order valence-corrected chi connectivity index (χ3v) is 4.41. The summed E-state index contributed by atoms with van der Waals surface area (Å²) in [6, 6.07) is 6.55. The van der Waals surface area contributed by atoms with E-state index in [1.807, 2.05) is 22.6 Å². The van der Waals surface area contributed by atoms with Gasteiger partial charge in [-0.15, -0.1) is 0 Å². The fourth-order valence-electron chi connectivity index (χ4n) is 3.15. The maximum Gasteiger partial charge on any atom is 0.242 e. The van der Waals surface area contributed by atoms with E-state index in [0.717, 1.165) is 37.3 Å². The van der Waals surface area contributed by atoms with Crippen molar-refractivity contribution in [1.29, 1.82) is 0 Å². The summed E-state index contributed by atoms with van der Waals surface area (Å²) in [6.45, 7) is 3.84. The van der Waals surface area contributed by atoms with Crippen LogP contribution >= 0.6 is 0 Å². The van der Waals surface area contributed by atoms with Gasteiger partial charge in [0, 0.05) is 43.6 Å². The Hall–Kier alpha value is -2.37. The van der Waals surface area contributed by atoms with Crippen molar-refractivity contribution in [2.24, 2.45) is 0 Å². The number of carbonyl (C=O) groups excluding carboxylic acids is 1. The minimum absolute atomic E-state index is 0.119. The molecule has 2 heterocycles. The first-order valence-corrected chi connectivity index (χ1v) is 8.45. The van der Waals surface area contributed by atoms with Gasteiger partial charge in [0.25, 0.3) is 0 Å².